The number of benzene rings is 2. The highest BCUT2D eigenvalue weighted by molar-refractivity contribution is 5.97. The molecule has 0 bridgehead atoms. The van der Waals surface area contributed by atoms with Crippen LogP contribution in [0.2, 0.25) is 0 Å². The number of carbonyl (C=O) groups is 2. The average Bonchev–Trinajstić information content (AvgIpc) is 2.48. The highest BCUT2D eigenvalue weighted by Crippen LogP contribution is 2.16. The second-order valence-corrected chi connectivity index (χ2v) is 6.12. The number of rotatable bonds is 5. The van der Waals surface area contributed by atoms with Crippen LogP contribution in [0.3, 0.4) is 0 Å². The van der Waals surface area contributed by atoms with Gasteiger partial charge in [0.05, 0.1) is 6.42 Å². The van der Waals surface area contributed by atoms with Gasteiger partial charge in [0.25, 0.3) is 5.91 Å². The molecule has 4 N–H and O–H groups in total. The minimum absolute atomic E-state index is 0.0798. The monoisotopic (exact) mass is 325 g/mol. The molecule has 2 amide bonds. The zero-order chi connectivity index (χ0) is 17.7. The van der Waals surface area contributed by atoms with Crippen LogP contribution in [-0.2, 0) is 11.2 Å². The lowest BCUT2D eigenvalue weighted by Crippen LogP contribution is -2.30. The van der Waals surface area contributed by atoms with Crippen LogP contribution in [0, 0.1) is 6.92 Å². The van der Waals surface area contributed by atoms with Crippen LogP contribution >= 0.6 is 0 Å². The first kappa shape index (κ1) is 17.5. The standard InChI is InChI=1S/C19H23N3O2/c1-12(2)21-19(24)17-9-8-16(10-13(17)3)22-18(23)11-14-4-6-15(20)7-5-14/h4-10,12H,11,20H2,1-3H3,(H,21,24)(H,22,23). The summed E-state index contributed by atoms with van der Waals surface area (Å²) in [5.41, 5.74) is 9.30. The molecule has 0 spiro atoms. The van der Waals surface area contributed by atoms with Gasteiger partial charge in [-0.1, -0.05) is 12.1 Å². The maximum absolute atomic E-state index is 12.1. The van der Waals surface area contributed by atoms with Crippen molar-refractivity contribution >= 4 is 23.2 Å². The summed E-state index contributed by atoms with van der Waals surface area (Å²) in [6.45, 7) is 5.68. The smallest absolute Gasteiger partial charge is 0.251 e. The number of aryl methyl sites for hydroxylation is 1. The number of hydrogen-bond donors (Lipinski definition) is 3. The summed E-state index contributed by atoms with van der Waals surface area (Å²) < 4.78 is 0. The van der Waals surface area contributed by atoms with Crippen molar-refractivity contribution in [3.63, 3.8) is 0 Å². The van der Waals surface area contributed by atoms with E-state index in [1.807, 2.05) is 32.9 Å². The topological polar surface area (TPSA) is 84.2 Å². The van der Waals surface area contributed by atoms with Crippen molar-refractivity contribution in [3.8, 4) is 0 Å². The van der Waals surface area contributed by atoms with Crippen LogP contribution in [-0.4, -0.2) is 17.9 Å². The number of nitrogen functional groups attached to an aromatic ring is 1. The summed E-state index contributed by atoms with van der Waals surface area (Å²) in [5.74, 6) is -0.221. The Labute approximate surface area is 142 Å². The van der Waals surface area contributed by atoms with Gasteiger partial charge in [0.15, 0.2) is 0 Å². The molecule has 0 radical (unpaired) electrons. The van der Waals surface area contributed by atoms with Gasteiger partial charge in [-0.2, -0.15) is 0 Å². The van der Waals surface area contributed by atoms with Gasteiger partial charge in [-0.05, 0) is 62.2 Å². The maximum Gasteiger partial charge on any atom is 0.251 e. The van der Waals surface area contributed by atoms with Gasteiger partial charge in [-0.15, -0.1) is 0 Å². The molecule has 5 heteroatoms. The van der Waals surface area contributed by atoms with Crippen LogP contribution in [0.4, 0.5) is 11.4 Å². The van der Waals surface area contributed by atoms with Crippen molar-refractivity contribution in [1.82, 2.24) is 5.32 Å². The number of hydrogen-bond acceptors (Lipinski definition) is 3. The Balaban J connectivity index is 2.02. The summed E-state index contributed by atoms with van der Waals surface area (Å²) in [7, 11) is 0. The summed E-state index contributed by atoms with van der Waals surface area (Å²) in [6.07, 6.45) is 0.273. The first-order valence-electron chi connectivity index (χ1n) is 7.91. The molecule has 0 fully saturated rings. The molecule has 24 heavy (non-hydrogen) atoms. The number of anilines is 2. The molecule has 0 aromatic heterocycles. The normalized spacial score (nSPS) is 10.5. The molecule has 2 aromatic rings. The molecule has 2 rings (SSSR count). The molecule has 0 saturated carbocycles. The fraction of sp³-hybridized carbons (Fsp3) is 0.263. The van der Waals surface area contributed by atoms with Gasteiger partial charge in [0.2, 0.25) is 5.91 Å². The molecule has 126 valence electrons. The van der Waals surface area contributed by atoms with E-state index in [0.717, 1.165) is 11.1 Å². The van der Waals surface area contributed by atoms with Gasteiger partial charge < -0.3 is 16.4 Å². The zero-order valence-corrected chi connectivity index (χ0v) is 14.2. The van der Waals surface area contributed by atoms with E-state index < -0.39 is 0 Å². The largest absolute Gasteiger partial charge is 0.399 e. The Bertz CT molecular complexity index is 737. The Hall–Kier alpha value is -2.82. The van der Waals surface area contributed by atoms with Crippen molar-refractivity contribution in [1.29, 1.82) is 0 Å². The molecule has 0 aliphatic carbocycles. The SMILES string of the molecule is Cc1cc(NC(=O)Cc2ccc(N)cc2)ccc1C(=O)NC(C)C. The van der Waals surface area contributed by atoms with Gasteiger partial charge in [0.1, 0.15) is 0 Å². The van der Waals surface area contributed by atoms with E-state index in [0.29, 0.717) is 16.9 Å². The van der Waals surface area contributed by atoms with Crippen LogP contribution in [0.5, 0.6) is 0 Å². The molecule has 0 saturated heterocycles. The third kappa shape index (κ3) is 4.84. The van der Waals surface area contributed by atoms with Crippen LogP contribution < -0.4 is 16.4 Å². The van der Waals surface area contributed by atoms with E-state index in [1.165, 1.54) is 0 Å². The molecule has 0 unspecified atom stereocenters. The lowest BCUT2D eigenvalue weighted by atomic mass is 10.1. The third-order valence-corrected chi connectivity index (χ3v) is 3.52. The first-order chi connectivity index (χ1) is 11.3. The molecule has 0 atom stereocenters. The molecule has 0 heterocycles. The Kier molecular flexibility index (Phi) is 5.58. The van der Waals surface area contributed by atoms with Crippen molar-refractivity contribution in [3.05, 3.63) is 59.2 Å². The second kappa shape index (κ2) is 7.64. The third-order valence-electron chi connectivity index (χ3n) is 3.52. The van der Waals surface area contributed by atoms with Gasteiger partial charge in [-0.3, -0.25) is 9.59 Å². The van der Waals surface area contributed by atoms with Gasteiger partial charge in [-0.25, -0.2) is 0 Å². The predicted octanol–water partition coefficient (Wildman–Crippen LogP) is 2.90. The van der Waals surface area contributed by atoms with Crippen LogP contribution in [0.15, 0.2) is 42.5 Å². The summed E-state index contributed by atoms with van der Waals surface area (Å²) in [6, 6.07) is 12.6. The summed E-state index contributed by atoms with van der Waals surface area (Å²) in [4.78, 5) is 24.2. The zero-order valence-electron chi connectivity index (χ0n) is 14.2. The minimum Gasteiger partial charge on any atom is -0.399 e. The predicted molar refractivity (Wildman–Crippen MR) is 97.0 cm³/mol. The van der Waals surface area contributed by atoms with E-state index in [-0.39, 0.29) is 24.3 Å². The fourth-order valence-electron chi connectivity index (χ4n) is 2.36. The molecule has 2 aromatic carbocycles. The van der Waals surface area contributed by atoms with Crippen LogP contribution in [0.25, 0.3) is 0 Å². The maximum atomic E-state index is 12.1. The van der Waals surface area contributed by atoms with E-state index >= 15 is 0 Å². The van der Waals surface area contributed by atoms with Crippen LogP contribution in [0.1, 0.15) is 35.3 Å². The molecular weight excluding hydrogens is 302 g/mol. The Morgan fingerprint density at radius 2 is 1.75 bits per heavy atom. The highest BCUT2D eigenvalue weighted by Gasteiger charge is 2.11. The van der Waals surface area contributed by atoms with Gasteiger partial charge >= 0.3 is 0 Å². The van der Waals surface area contributed by atoms with E-state index in [9.17, 15) is 9.59 Å². The lowest BCUT2D eigenvalue weighted by molar-refractivity contribution is -0.115. The average molecular weight is 325 g/mol. The lowest BCUT2D eigenvalue weighted by Gasteiger charge is -2.12. The minimum atomic E-state index is -0.112. The highest BCUT2D eigenvalue weighted by atomic mass is 16.2. The van der Waals surface area contributed by atoms with Crippen molar-refractivity contribution in [2.45, 2.75) is 33.2 Å². The summed E-state index contributed by atoms with van der Waals surface area (Å²) in [5, 5.41) is 5.71. The van der Waals surface area contributed by atoms with Gasteiger partial charge in [0, 0.05) is 23.0 Å². The Morgan fingerprint density at radius 3 is 2.33 bits per heavy atom. The molecule has 5 nitrogen and oxygen atoms in total. The fourth-order valence-corrected chi connectivity index (χ4v) is 2.36. The quantitative estimate of drug-likeness (QED) is 0.739. The number of nitrogens with two attached hydrogens (primary N) is 1. The molecule has 0 aliphatic rings. The van der Waals surface area contributed by atoms with Crippen molar-refractivity contribution < 1.29 is 9.59 Å². The van der Waals surface area contributed by atoms with Crippen molar-refractivity contribution in [2.24, 2.45) is 0 Å². The second-order valence-electron chi connectivity index (χ2n) is 6.12. The molecule has 0 aliphatic heterocycles. The number of amides is 2. The first-order valence-corrected chi connectivity index (χ1v) is 7.91. The summed E-state index contributed by atoms with van der Waals surface area (Å²) >= 11 is 0. The number of carbonyl (C=O) groups excluding carboxylic acids is 2. The van der Waals surface area contributed by atoms with E-state index in [4.69, 9.17) is 5.73 Å². The van der Waals surface area contributed by atoms with E-state index in [1.54, 1.807) is 30.3 Å². The molecular formula is C19H23N3O2. The van der Waals surface area contributed by atoms with Crippen molar-refractivity contribution in [2.75, 3.05) is 11.1 Å². The number of nitrogens with one attached hydrogen (secondary N) is 2. The Morgan fingerprint density at radius 1 is 1.08 bits per heavy atom. The van der Waals surface area contributed by atoms with E-state index in [2.05, 4.69) is 10.6 Å².